The summed E-state index contributed by atoms with van der Waals surface area (Å²) in [6.07, 6.45) is 0. The summed E-state index contributed by atoms with van der Waals surface area (Å²) in [5.41, 5.74) is 6.35. The summed E-state index contributed by atoms with van der Waals surface area (Å²) in [5, 5.41) is 0. The van der Waals surface area contributed by atoms with Crippen molar-refractivity contribution in [2.75, 3.05) is 7.11 Å². The SMILES string of the molecule is COc1ccc(C(NN)c2cc(C)ccc2C)c(F)c1. The van der Waals surface area contributed by atoms with Gasteiger partial charge in [0.25, 0.3) is 0 Å². The van der Waals surface area contributed by atoms with Gasteiger partial charge in [0.05, 0.1) is 13.2 Å². The molecule has 0 radical (unpaired) electrons. The molecular formula is C16H19FN2O. The monoisotopic (exact) mass is 274 g/mol. The van der Waals surface area contributed by atoms with Crippen LogP contribution >= 0.6 is 0 Å². The maximum absolute atomic E-state index is 14.2. The molecule has 2 rings (SSSR count). The summed E-state index contributed by atoms with van der Waals surface area (Å²) in [6.45, 7) is 3.99. The number of halogens is 1. The van der Waals surface area contributed by atoms with Gasteiger partial charge in [-0.15, -0.1) is 0 Å². The molecule has 106 valence electrons. The van der Waals surface area contributed by atoms with Crippen molar-refractivity contribution in [1.29, 1.82) is 0 Å². The lowest BCUT2D eigenvalue weighted by molar-refractivity contribution is 0.410. The first-order valence-electron chi connectivity index (χ1n) is 6.43. The number of nitrogens with one attached hydrogen (secondary N) is 1. The van der Waals surface area contributed by atoms with Crippen LogP contribution in [0.15, 0.2) is 36.4 Å². The fourth-order valence-electron chi connectivity index (χ4n) is 2.29. The lowest BCUT2D eigenvalue weighted by atomic mass is 9.93. The predicted molar refractivity (Wildman–Crippen MR) is 78.0 cm³/mol. The van der Waals surface area contributed by atoms with Crippen molar-refractivity contribution in [3.63, 3.8) is 0 Å². The molecule has 0 bridgehead atoms. The first-order chi connectivity index (χ1) is 9.56. The molecule has 0 saturated heterocycles. The van der Waals surface area contributed by atoms with Crippen LogP contribution in [-0.2, 0) is 0 Å². The third-order valence-electron chi connectivity index (χ3n) is 3.43. The molecule has 20 heavy (non-hydrogen) atoms. The molecule has 3 nitrogen and oxygen atoms in total. The van der Waals surface area contributed by atoms with Crippen molar-refractivity contribution < 1.29 is 9.13 Å². The summed E-state index contributed by atoms with van der Waals surface area (Å²) in [7, 11) is 1.51. The van der Waals surface area contributed by atoms with Crippen LogP contribution in [0.4, 0.5) is 4.39 Å². The van der Waals surface area contributed by atoms with Gasteiger partial charge in [-0.1, -0.05) is 29.8 Å². The molecule has 2 aromatic carbocycles. The van der Waals surface area contributed by atoms with Crippen LogP contribution in [0.25, 0.3) is 0 Å². The largest absolute Gasteiger partial charge is 0.497 e. The molecule has 0 aliphatic heterocycles. The van der Waals surface area contributed by atoms with E-state index >= 15 is 0 Å². The Morgan fingerprint density at radius 2 is 1.85 bits per heavy atom. The van der Waals surface area contributed by atoms with Crippen LogP contribution in [0.3, 0.4) is 0 Å². The van der Waals surface area contributed by atoms with Crippen molar-refractivity contribution in [3.8, 4) is 5.75 Å². The molecule has 3 N–H and O–H groups in total. The van der Waals surface area contributed by atoms with Crippen molar-refractivity contribution in [3.05, 3.63) is 64.5 Å². The Morgan fingerprint density at radius 1 is 1.10 bits per heavy atom. The predicted octanol–water partition coefficient (Wildman–Crippen LogP) is 3.00. The molecule has 0 heterocycles. The minimum Gasteiger partial charge on any atom is -0.497 e. The van der Waals surface area contributed by atoms with Crippen LogP contribution in [0.5, 0.6) is 5.75 Å². The molecule has 0 aliphatic carbocycles. The van der Waals surface area contributed by atoms with E-state index in [9.17, 15) is 4.39 Å². The highest BCUT2D eigenvalue weighted by atomic mass is 19.1. The van der Waals surface area contributed by atoms with Crippen molar-refractivity contribution in [1.82, 2.24) is 5.43 Å². The highest BCUT2D eigenvalue weighted by Crippen LogP contribution is 2.29. The van der Waals surface area contributed by atoms with Gasteiger partial charge in [0, 0.05) is 11.6 Å². The topological polar surface area (TPSA) is 47.3 Å². The van der Waals surface area contributed by atoms with Crippen LogP contribution in [0.1, 0.15) is 28.3 Å². The number of rotatable bonds is 4. The Balaban J connectivity index is 2.49. The van der Waals surface area contributed by atoms with E-state index in [0.29, 0.717) is 11.3 Å². The summed E-state index contributed by atoms with van der Waals surface area (Å²) >= 11 is 0. The summed E-state index contributed by atoms with van der Waals surface area (Å²) < 4.78 is 19.2. The molecule has 0 fully saturated rings. The Bertz CT molecular complexity index is 613. The highest BCUT2D eigenvalue weighted by Gasteiger charge is 2.19. The van der Waals surface area contributed by atoms with Gasteiger partial charge in [-0.3, -0.25) is 5.84 Å². The van der Waals surface area contributed by atoms with E-state index in [1.165, 1.54) is 13.2 Å². The number of benzene rings is 2. The highest BCUT2D eigenvalue weighted by molar-refractivity contribution is 5.41. The lowest BCUT2D eigenvalue weighted by Gasteiger charge is -2.20. The minimum absolute atomic E-state index is 0.340. The summed E-state index contributed by atoms with van der Waals surface area (Å²) in [4.78, 5) is 0. The third kappa shape index (κ3) is 2.81. The second-order valence-corrected chi connectivity index (χ2v) is 4.85. The van der Waals surface area contributed by atoms with Gasteiger partial charge in [0.2, 0.25) is 0 Å². The van der Waals surface area contributed by atoms with E-state index < -0.39 is 0 Å². The first-order valence-corrected chi connectivity index (χ1v) is 6.43. The molecule has 0 saturated carbocycles. The Labute approximate surface area is 118 Å². The normalized spacial score (nSPS) is 12.2. The molecule has 4 heteroatoms. The zero-order valence-electron chi connectivity index (χ0n) is 11.9. The maximum Gasteiger partial charge on any atom is 0.132 e. The summed E-state index contributed by atoms with van der Waals surface area (Å²) in [6, 6.07) is 10.5. The van der Waals surface area contributed by atoms with E-state index in [4.69, 9.17) is 10.6 Å². The van der Waals surface area contributed by atoms with Gasteiger partial charge in [-0.05, 0) is 31.0 Å². The molecular weight excluding hydrogens is 255 g/mol. The first kappa shape index (κ1) is 14.5. The molecule has 0 aliphatic rings. The van der Waals surface area contributed by atoms with Gasteiger partial charge >= 0.3 is 0 Å². The number of ether oxygens (including phenoxy) is 1. The van der Waals surface area contributed by atoms with Gasteiger partial charge in [0.15, 0.2) is 0 Å². The number of nitrogens with two attached hydrogens (primary N) is 1. The number of aryl methyl sites for hydroxylation is 2. The number of hydrogen-bond acceptors (Lipinski definition) is 3. The average Bonchev–Trinajstić information content (AvgIpc) is 2.44. The van der Waals surface area contributed by atoms with E-state index in [2.05, 4.69) is 5.43 Å². The van der Waals surface area contributed by atoms with Crippen molar-refractivity contribution >= 4 is 0 Å². The van der Waals surface area contributed by atoms with Crippen LogP contribution in [-0.4, -0.2) is 7.11 Å². The Hall–Kier alpha value is -1.91. The molecule has 2 aromatic rings. The fraction of sp³-hybridized carbons (Fsp3) is 0.250. The van der Waals surface area contributed by atoms with Crippen molar-refractivity contribution in [2.45, 2.75) is 19.9 Å². The number of hydrazine groups is 1. The minimum atomic E-state index is -0.388. The third-order valence-corrected chi connectivity index (χ3v) is 3.43. The van der Waals surface area contributed by atoms with E-state index in [-0.39, 0.29) is 11.9 Å². The van der Waals surface area contributed by atoms with Gasteiger partial charge in [0.1, 0.15) is 11.6 Å². The van der Waals surface area contributed by atoms with Crippen LogP contribution in [0.2, 0.25) is 0 Å². The smallest absolute Gasteiger partial charge is 0.132 e. The second kappa shape index (κ2) is 6.03. The number of methoxy groups -OCH3 is 1. The standard InChI is InChI=1S/C16H19FN2O/c1-10-4-5-11(2)14(8-10)16(19-18)13-7-6-12(20-3)9-15(13)17/h4-9,16,19H,18H2,1-3H3. The molecule has 0 amide bonds. The molecule has 1 atom stereocenters. The Kier molecular flexibility index (Phi) is 4.37. The zero-order valence-corrected chi connectivity index (χ0v) is 11.9. The van der Waals surface area contributed by atoms with E-state index in [1.54, 1.807) is 12.1 Å². The lowest BCUT2D eigenvalue weighted by Crippen LogP contribution is -2.30. The van der Waals surface area contributed by atoms with E-state index in [1.807, 2.05) is 32.0 Å². The van der Waals surface area contributed by atoms with Gasteiger partial charge < -0.3 is 4.74 Å². The average molecular weight is 274 g/mol. The Morgan fingerprint density at radius 3 is 2.45 bits per heavy atom. The summed E-state index contributed by atoms with van der Waals surface area (Å²) in [5.74, 6) is 5.80. The molecule has 1 unspecified atom stereocenters. The quantitative estimate of drug-likeness (QED) is 0.665. The fourth-order valence-corrected chi connectivity index (χ4v) is 2.29. The van der Waals surface area contributed by atoms with E-state index in [0.717, 1.165) is 16.7 Å². The van der Waals surface area contributed by atoms with Crippen molar-refractivity contribution in [2.24, 2.45) is 5.84 Å². The molecule has 0 aromatic heterocycles. The van der Waals surface area contributed by atoms with Crippen LogP contribution < -0.4 is 16.0 Å². The number of hydrogen-bond donors (Lipinski definition) is 2. The second-order valence-electron chi connectivity index (χ2n) is 4.85. The molecule has 0 spiro atoms. The zero-order chi connectivity index (χ0) is 14.7. The van der Waals surface area contributed by atoms with Gasteiger partial charge in [-0.25, -0.2) is 9.82 Å². The van der Waals surface area contributed by atoms with Gasteiger partial charge in [-0.2, -0.15) is 0 Å². The maximum atomic E-state index is 14.2. The van der Waals surface area contributed by atoms with Crippen LogP contribution in [0, 0.1) is 19.7 Å².